The molecule has 2 aromatic carbocycles. The zero-order chi connectivity index (χ0) is 30.8. The lowest BCUT2D eigenvalue weighted by Gasteiger charge is -2.20. The van der Waals surface area contributed by atoms with Crippen LogP contribution in [0.15, 0.2) is 54.6 Å². The van der Waals surface area contributed by atoms with Gasteiger partial charge in [0.15, 0.2) is 11.9 Å². The fourth-order valence-corrected chi connectivity index (χ4v) is 4.38. The van der Waals surface area contributed by atoms with Crippen molar-refractivity contribution in [2.45, 2.75) is 110 Å². The van der Waals surface area contributed by atoms with Gasteiger partial charge in [0.2, 0.25) is 0 Å². The van der Waals surface area contributed by atoms with Crippen LogP contribution in [-0.4, -0.2) is 30.0 Å². The maximum absolute atomic E-state index is 13.3. The van der Waals surface area contributed by atoms with Gasteiger partial charge in [-0.3, -0.25) is 4.79 Å². The van der Waals surface area contributed by atoms with E-state index in [1.807, 2.05) is 6.92 Å². The average molecular weight is 589 g/mol. The van der Waals surface area contributed by atoms with Crippen molar-refractivity contribution in [2.75, 3.05) is 0 Å². The van der Waals surface area contributed by atoms with E-state index in [2.05, 4.69) is 6.92 Å². The summed E-state index contributed by atoms with van der Waals surface area (Å²) in [5.41, 5.74) is 1.28. The van der Waals surface area contributed by atoms with Gasteiger partial charge in [0.05, 0.1) is 5.56 Å². The molecule has 0 amide bonds. The van der Waals surface area contributed by atoms with Crippen molar-refractivity contribution >= 4 is 23.8 Å². The summed E-state index contributed by atoms with van der Waals surface area (Å²) in [6.45, 7) is 4.15. The van der Waals surface area contributed by atoms with Crippen LogP contribution in [0.5, 0.6) is 5.75 Å². The van der Waals surface area contributed by atoms with E-state index < -0.39 is 24.2 Å². The molecule has 0 aliphatic rings. The molecule has 230 valence electrons. The number of benzene rings is 2. The number of Topliss-reactive ketones (excluding diaryl/α,β-unsaturated/α-hetero) is 1. The third kappa shape index (κ3) is 13.5. The molecule has 0 aliphatic heterocycles. The van der Waals surface area contributed by atoms with E-state index in [0.29, 0.717) is 30.4 Å². The Bertz CT molecular complexity index is 1120. The number of unbranched alkanes of at least 4 members (excludes halogenated alkanes) is 9. The molecule has 0 N–H and O–H groups in total. The minimum Gasteiger partial charge on any atom is -0.449 e. The first-order chi connectivity index (χ1) is 20.1. The molecule has 0 fully saturated rings. The van der Waals surface area contributed by atoms with Gasteiger partial charge >= 0.3 is 18.1 Å². The summed E-state index contributed by atoms with van der Waals surface area (Å²) in [6.07, 6.45) is 6.92. The zero-order valence-electron chi connectivity index (χ0n) is 24.7. The second-order valence-electron chi connectivity index (χ2n) is 10.5. The highest BCUT2D eigenvalue weighted by atomic mass is 19.4. The largest absolute Gasteiger partial charge is 0.449 e. The fraction of sp³-hybridized carbons (Fsp3) is 0.500. The maximum Gasteiger partial charge on any atom is 0.425 e. The van der Waals surface area contributed by atoms with E-state index in [-0.39, 0.29) is 23.5 Å². The summed E-state index contributed by atoms with van der Waals surface area (Å²) < 4.78 is 49.9. The molecular weight excluding hydrogens is 545 g/mol. The molecule has 2 aromatic rings. The van der Waals surface area contributed by atoms with Crippen molar-refractivity contribution < 1.29 is 37.0 Å². The van der Waals surface area contributed by atoms with Crippen molar-refractivity contribution in [1.29, 1.82) is 0 Å². The van der Waals surface area contributed by atoms with Crippen molar-refractivity contribution in [3.05, 3.63) is 71.3 Å². The molecule has 0 aromatic heterocycles. The Labute approximate surface area is 247 Å². The van der Waals surface area contributed by atoms with Crippen LogP contribution < -0.4 is 4.74 Å². The van der Waals surface area contributed by atoms with Gasteiger partial charge in [-0.1, -0.05) is 95.9 Å². The van der Waals surface area contributed by atoms with E-state index in [4.69, 9.17) is 9.47 Å². The lowest BCUT2D eigenvalue weighted by molar-refractivity contribution is -0.206. The lowest BCUT2D eigenvalue weighted by atomic mass is 10.0. The number of halogens is 3. The predicted molar refractivity (Wildman–Crippen MR) is 159 cm³/mol. The maximum atomic E-state index is 13.3. The van der Waals surface area contributed by atoms with Gasteiger partial charge in [-0.2, -0.15) is 13.2 Å². The lowest BCUT2D eigenvalue weighted by Crippen LogP contribution is -2.33. The third-order valence-electron chi connectivity index (χ3n) is 6.89. The molecule has 0 spiro atoms. The van der Waals surface area contributed by atoms with E-state index >= 15 is 0 Å². The average Bonchev–Trinajstić information content (AvgIpc) is 2.97. The molecule has 1 unspecified atom stereocenters. The van der Waals surface area contributed by atoms with E-state index in [9.17, 15) is 27.6 Å². The molecule has 0 aliphatic carbocycles. The summed E-state index contributed by atoms with van der Waals surface area (Å²) in [5, 5.41) is 0. The molecule has 5 nitrogen and oxygen atoms in total. The smallest absolute Gasteiger partial charge is 0.425 e. The third-order valence-corrected chi connectivity index (χ3v) is 6.89. The van der Waals surface area contributed by atoms with Crippen LogP contribution in [0, 0.1) is 0 Å². The summed E-state index contributed by atoms with van der Waals surface area (Å²) >= 11 is 0. The minimum absolute atomic E-state index is 0.0743. The topological polar surface area (TPSA) is 69.7 Å². The van der Waals surface area contributed by atoms with Gasteiger partial charge in [0, 0.05) is 18.1 Å². The van der Waals surface area contributed by atoms with Crippen LogP contribution in [0.1, 0.15) is 124 Å². The SMILES string of the molecule is CCCCCCCCCC(=O)c1ccc(/C=C/C(=O)Oc2ccc(C(=O)OC(CCCCCC)C(F)(F)F)cc2)cc1. The molecular formula is C34H43F3O5. The van der Waals surface area contributed by atoms with Gasteiger partial charge in [-0.05, 0) is 55.2 Å². The number of hydrogen-bond donors (Lipinski definition) is 0. The van der Waals surface area contributed by atoms with E-state index in [0.717, 1.165) is 32.1 Å². The number of hydrogen-bond acceptors (Lipinski definition) is 5. The zero-order valence-corrected chi connectivity index (χ0v) is 24.7. The molecule has 0 saturated carbocycles. The Morgan fingerprint density at radius 3 is 1.88 bits per heavy atom. The summed E-state index contributed by atoms with van der Waals surface area (Å²) in [7, 11) is 0. The second kappa shape index (κ2) is 18.9. The first-order valence-corrected chi connectivity index (χ1v) is 15.0. The van der Waals surface area contributed by atoms with Gasteiger partial charge < -0.3 is 9.47 Å². The van der Waals surface area contributed by atoms with E-state index in [1.165, 1.54) is 56.0 Å². The molecule has 42 heavy (non-hydrogen) atoms. The summed E-state index contributed by atoms with van der Waals surface area (Å²) in [6, 6.07) is 12.1. The number of carbonyl (C=O) groups excluding carboxylic acids is 3. The minimum atomic E-state index is -4.65. The van der Waals surface area contributed by atoms with Gasteiger partial charge in [0.1, 0.15) is 5.75 Å². The summed E-state index contributed by atoms with van der Waals surface area (Å²) in [5.74, 6) is -1.53. The molecule has 0 radical (unpaired) electrons. The standard InChI is InChI=1S/C34H43F3O5/c1-3-5-7-9-10-11-12-14-30(38)27-19-16-26(17-20-27)18-25-32(39)41-29-23-21-28(22-24-29)33(40)42-31(34(35,36)37)15-13-8-6-4-2/h16-25,31H,3-15H2,1-2H3/b25-18+. The van der Waals surface area contributed by atoms with Crippen molar-refractivity contribution in [2.24, 2.45) is 0 Å². The van der Waals surface area contributed by atoms with Crippen LogP contribution in [0.2, 0.25) is 0 Å². The van der Waals surface area contributed by atoms with Crippen molar-refractivity contribution in [1.82, 2.24) is 0 Å². The Hall–Kier alpha value is -3.42. The molecule has 0 heterocycles. The Kier molecular flexibility index (Phi) is 15.7. The van der Waals surface area contributed by atoms with Crippen LogP contribution in [0.3, 0.4) is 0 Å². The predicted octanol–water partition coefficient (Wildman–Crippen LogP) is 9.69. The van der Waals surface area contributed by atoms with E-state index in [1.54, 1.807) is 30.3 Å². The van der Waals surface area contributed by atoms with Crippen LogP contribution in [-0.2, 0) is 9.53 Å². The molecule has 8 heteroatoms. The number of carbonyl (C=O) groups is 3. The summed E-state index contributed by atoms with van der Waals surface area (Å²) in [4.78, 5) is 36.9. The first-order valence-electron chi connectivity index (χ1n) is 15.0. The Balaban J connectivity index is 1.81. The fourth-order valence-electron chi connectivity index (χ4n) is 4.38. The molecule has 1 atom stereocenters. The van der Waals surface area contributed by atoms with Crippen molar-refractivity contribution in [3.8, 4) is 5.75 Å². The van der Waals surface area contributed by atoms with Crippen LogP contribution in [0.4, 0.5) is 13.2 Å². The highest BCUT2D eigenvalue weighted by Crippen LogP contribution is 2.28. The highest BCUT2D eigenvalue weighted by Gasteiger charge is 2.42. The second-order valence-corrected chi connectivity index (χ2v) is 10.5. The van der Waals surface area contributed by atoms with Crippen LogP contribution >= 0.6 is 0 Å². The van der Waals surface area contributed by atoms with Gasteiger partial charge in [-0.25, -0.2) is 9.59 Å². The molecule has 2 rings (SSSR count). The van der Waals surface area contributed by atoms with Crippen molar-refractivity contribution in [3.63, 3.8) is 0 Å². The Morgan fingerprint density at radius 2 is 1.29 bits per heavy atom. The highest BCUT2D eigenvalue weighted by molar-refractivity contribution is 5.96. The quantitative estimate of drug-likeness (QED) is 0.0537. The number of alkyl halides is 3. The molecule has 0 bridgehead atoms. The van der Waals surface area contributed by atoms with Gasteiger partial charge in [0.25, 0.3) is 0 Å². The monoisotopic (exact) mass is 588 g/mol. The Morgan fingerprint density at radius 1 is 0.738 bits per heavy atom. The van der Waals surface area contributed by atoms with Gasteiger partial charge in [-0.15, -0.1) is 0 Å². The number of rotatable bonds is 19. The van der Waals surface area contributed by atoms with Crippen LogP contribution in [0.25, 0.3) is 6.08 Å². The number of esters is 2. The first kappa shape index (κ1) is 34.8. The number of ether oxygens (including phenoxy) is 2. The number of ketones is 1. The normalized spacial score (nSPS) is 12.3. The molecule has 0 saturated heterocycles.